The van der Waals surface area contributed by atoms with Gasteiger partial charge in [0.1, 0.15) is 0 Å². The first-order valence-electron chi connectivity index (χ1n) is 7.49. The van der Waals surface area contributed by atoms with Crippen LogP contribution in [-0.2, 0) is 18.6 Å². The molecule has 1 aromatic heterocycles. The second-order valence-electron chi connectivity index (χ2n) is 6.71. The molecule has 0 fully saturated rings. The summed E-state index contributed by atoms with van der Waals surface area (Å²) in [6.45, 7) is 4.45. The largest absolute Gasteiger partial charge is 0.478 e. The predicted molar refractivity (Wildman–Crippen MR) is 95.2 cm³/mol. The number of benzene rings is 1. The van der Waals surface area contributed by atoms with Crippen LogP contribution in [-0.4, -0.2) is 11.1 Å². The van der Waals surface area contributed by atoms with Gasteiger partial charge in [-0.15, -0.1) is 11.3 Å². The second-order valence-corrected chi connectivity index (χ2v) is 8.13. The molecule has 2 aromatic rings. The van der Waals surface area contributed by atoms with E-state index in [0.29, 0.717) is 11.3 Å². The van der Waals surface area contributed by atoms with Crippen LogP contribution in [0.1, 0.15) is 46.6 Å². The highest BCUT2D eigenvalue weighted by atomic mass is 32.1. The van der Waals surface area contributed by atoms with E-state index in [-0.39, 0.29) is 5.41 Å². The first kappa shape index (κ1) is 15.6. The average Bonchev–Trinajstić information content (AvgIpc) is 2.84. The lowest BCUT2D eigenvalue weighted by Crippen LogP contribution is -2.22. The van der Waals surface area contributed by atoms with E-state index < -0.39 is 5.97 Å². The minimum atomic E-state index is -0.802. The molecule has 116 valence electrons. The van der Waals surface area contributed by atoms with Crippen molar-refractivity contribution in [2.75, 3.05) is 0 Å². The molecule has 0 bridgehead atoms. The molecule has 1 N–H and O–H groups in total. The molecule has 0 saturated carbocycles. The van der Waals surface area contributed by atoms with Crippen LogP contribution in [0.5, 0.6) is 0 Å². The van der Waals surface area contributed by atoms with E-state index in [9.17, 15) is 9.90 Å². The molecule has 22 heavy (non-hydrogen) atoms. The van der Waals surface area contributed by atoms with Crippen molar-refractivity contribution in [3.05, 3.63) is 45.8 Å². The molecule has 4 heteroatoms. The van der Waals surface area contributed by atoms with Crippen molar-refractivity contribution in [1.82, 2.24) is 0 Å². The van der Waals surface area contributed by atoms with Crippen LogP contribution in [0, 0.1) is 5.41 Å². The standard InChI is InChI=1S/C18H20O2S2/c1-18(2)8-7-14-13(9-18)15(17(19)20)16(22-14)12-5-3-11(10-21)4-6-12/h3-6,21H,7-10H2,1-2H3,(H,19,20). The van der Waals surface area contributed by atoms with Gasteiger partial charge in [-0.3, -0.25) is 0 Å². The Bertz CT molecular complexity index is 711. The summed E-state index contributed by atoms with van der Waals surface area (Å²) in [4.78, 5) is 14.0. The van der Waals surface area contributed by atoms with E-state index in [2.05, 4.69) is 26.5 Å². The first-order valence-corrected chi connectivity index (χ1v) is 8.94. The minimum absolute atomic E-state index is 0.186. The van der Waals surface area contributed by atoms with Crippen LogP contribution >= 0.6 is 24.0 Å². The zero-order valence-corrected chi connectivity index (χ0v) is 14.6. The number of thiol groups is 1. The van der Waals surface area contributed by atoms with Gasteiger partial charge in [0.25, 0.3) is 0 Å². The van der Waals surface area contributed by atoms with Crippen LogP contribution in [0.15, 0.2) is 24.3 Å². The molecule has 1 heterocycles. The molecular weight excluding hydrogens is 312 g/mol. The summed E-state index contributed by atoms with van der Waals surface area (Å²) in [5, 5.41) is 9.74. The Morgan fingerprint density at radius 3 is 2.59 bits per heavy atom. The van der Waals surface area contributed by atoms with Gasteiger partial charge in [0.2, 0.25) is 0 Å². The number of hydrogen-bond acceptors (Lipinski definition) is 3. The van der Waals surface area contributed by atoms with E-state index in [4.69, 9.17) is 0 Å². The lowest BCUT2D eigenvalue weighted by atomic mass is 9.76. The van der Waals surface area contributed by atoms with Gasteiger partial charge in [-0.2, -0.15) is 12.6 Å². The van der Waals surface area contributed by atoms with Crippen molar-refractivity contribution < 1.29 is 9.90 Å². The van der Waals surface area contributed by atoms with Gasteiger partial charge in [-0.05, 0) is 41.4 Å². The molecule has 0 unspecified atom stereocenters. The number of thiophene rings is 1. The molecule has 0 radical (unpaired) electrons. The zero-order valence-electron chi connectivity index (χ0n) is 12.8. The fraction of sp³-hybridized carbons (Fsp3) is 0.389. The zero-order chi connectivity index (χ0) is 15.9. The maximum atomic E-state index is 11.9. The number of carbonyl (C=O) groups is 1. The van der Waals surface area contributed by atoms with Gasteiger partial charge in [0, 0.05) is 15.5 Å². The molecular formula is C18H20O2S2. The summed E-state index contributed by atoms with van der Waals surface area (Å²) in [5.41, 5.74) is 3.91. The number of hydrogen-bond donors (Lipinski definition) is 2. The van der Waals surface area contributed by atoms with Crippen molar-refractivity contribution in [2.45, 2.75) is 38.9 Å². The van der Waals surface area contributed by atoms with Crippen LogP contribution < -0.4 is 0 Å². The van der Waals surface area contributed by atoms with E-state index >= 15 is 0 Å². The molecule has 1 aliphatic carbocycles. The molecule has 3 rings (SSSR count). The minimum Gasteiger partial charge on any atom is -0.478 e. The Labute approximate surface area is 140 Å². The van der Waals surface area contributed by atoms with Crippen LogP contribution in [0.2, 0.25) is 0 Å². The summed E-state index contributed by atoms with van der Waals surface area (Å²) < 4.78 is 0. The molecule has 1 aliphatic rings. The van der Waals surface area contributed by atoms with Gasteiger partial charge in [0.05, 0.1) is 5.56 Å². The second kappa shape index (κ2) is 5.74. The molecule has 2 nitrogen and oxygen atoms in total. The fourth-order valence-electron chi connectivity index (χ4n) is 3.11. The lowest BCUT2D eigenvalue weighted by molar-refractivity contribution is 0.0696. The highest BCUT2D eigenvalue weighted by Crippen LogP contribution is 2.45. The number of fused-ring (bicyclic) bond motifs is 1. The quantitative estimate of drug-likeness (QED) is 0.771. The Kier molecular flexibility index (Phi) is 4.08. The van der Waals surface area contributed by atoms with Gasteiger partial charge >= 0.3 is 5.97 Å². The van der Waals surface area contributed by atoms with Crippen molar-refractivity contribution in [1.29, 1.82) is 0 Å². The van der Waals surface area contributed by atoms with E-state index in [0.717, 1.165) is 40.8 Å². The Hall–Kier alpha value is -1.26. The Morgan fingerprint density at radius 1 is 1.32 bits per heavy atom. The Morgan fingerprint density at radius 2 is 2.00 bits per heavy atom. The predicted octanol–water partition coefficient (Wildman–Crippen LogP) is 5.06. The fourth-order valence-corrected chi connectivity index (χ4v) is 4.64. The molecule has 0 aliphatic heterocycles. The van der Waals surface area contributed by atoms with E-state index in [1.807, 2.05) is 24.3 Å². The van der Waals surface area contributed by atoms with Crippen molar-refractivity contribution >= 4 is 29.9 Å². The number of carboxylic acid groups (broad SMARTS) is 1. The molecule has 0 spiro atoms. The summed E-state index contributed by atoms with van der Waals surface area (Å²) in [6, 6.07) is 8.08. The van der Waals surface area contributed by atoms with Gasteiger partial charge < -0.3 is 5.11 Å². The van der Waals surface area contributed by atoms with Crippen LogP contribution in [0.4, 0.5) is 0 Å². The van der Waals surface area contributed by atoms with Crippen molar-refractivity contribution in [2.24, 2.45) is 5.41 Å². The van der Waals surface area contributed by atoms with E-state index in [1.165, 1.54) is 4.88 Å². The number of aryl methyl sites for hydroxylation is 1. The van der Waals surface area contributed by atoms with Gasteiger partial charge in [-0.25, -0.2) is 4.79 Å². The third kappa shape index (κ3) is 2.82. The molecule has 0 saturated heterocycles. The summed E-state index contributed by atoms with van der Waals surface area (Å²) in [5.74, 6) is -0.107. The van der Waals surface area contributed by atoms with Crippen LogP contribution in [0.25, 0.3) is 10.4 Å². The average molecular weight is 332 g/mol. The van der Waals surface area contributed by atoms with Gasteiger partial charge in [0.15, 0.2) is 0 Å². The van der Waals surface area contributed by atoms with Gasteiger partial charge in [-0.1, -0.05) is 38.1 Å². The third-order valence-corrected chi connectivity index (χ3v) is 6.09. The molecule has 0 atom stereocenters. The number of aromatic carboxylic acids is 1. The number of carboxylic acids is 1. The smallest absolute Gasteiger partial charge is 0.337 e. The first-order chi connectivity index (χ1) is 10.4. The third-order valence-electron chi connectivity index (χ3n) is 4.39. The normalized spacial score (nSPS) is 16.3. The Balaban J connectivity index is 2.12. The SMILES string of the molecule is CC1(C)CCc2sc(-c3ccc(CS)cc3)c(C(=O)O)c2C1. The monoisotopic (exact) mass is 332 g/mol. The maximum absolute atomic E-state index is 11.9. The summed E-state index contributed by atoms with van der Waals surface area (Å²) >= 11 is 5.93. The summed E-state index contributed by atoms with van der Waals surface area (Å²) in [6.07, 6.45) is 2.97. The van der Waals surface area contributed by atoms with Crippen molar-refractivity contribution in [3.63, 3.8) is 0 Å². The van der Waals surface area contributed by atoms with E-state index in [1.54, 1.807) is 11.3 Å². The highest BCUT2D eigenvalue weighted by Gasteiger charge is 2.32. The molecule has 0 amide bonds. The topological polar surface area (TPSA) is 37.3 Å². The number of rotatable bonds is 3. The summed E-state index contributed by atoms with van der Waals surface area (Å²) in [7, 11) is 0. The lowest BCUT2D eigenvalue weighted by Gasteiger charge is -2.29. The highest BCUT2D eigenvalue weighted by molar-refractivity contribution is 7.79. The van der Waals surface area contributed by atoms with Crippen molar-refractivity contribution in [3.8, 4) is 10.4 Å². The maximum Gasteiger partial charge on any atom is 0.337 e. The molecule has 1 aromatic carbocycles. The van der Waals surface area contributed by atoms with Crippen LogP contribution in [0.3, 0.4) is 0 Å².